The summed E-state index contributed by atoms with van der Waals surface area (Å²) < 4.78 is 34.1. The summed E-state index contributed by atoms with van der Waals surface area (Å²) >= 11 is 7.58. The summed E-state index contributed by atoms with van der Waals surface area (Å²) in [4.78, 5) is 12.4. The second kappa shape index (κ2) is 11.7. The summed E-state index contributed by atoms with van der Waals surface area (Å²) in [5.41, 5.74) is 1.98. The molecule has 36 heavy (non-hydrogen) atoms. The van der Waals surface area contributed by atoms with Crippen LogP contribution in [0.5, 0.6) is 5.75 Å². The number of carboxylic acid groups (broad SMARTS) is 1. The van der Waals surface area contributed by atoms with Crippen LogP contribution in [0.25, 0.3) is 0 Å². The molecule has 6 nitrogen and oxygen atoms in total. The number of benzene rings is 3. The minimum atomic E-state index is -3.97. The number of aliphatic carboxylic acids is 1. The van der Waals surface area contributed by atoms with Crippen LogP contribution in [-0.2, 0) is 21.2 Å². The maximum Gasteiger partial charge on any atom is 0.308 e. The number of rotatable bonds is 9. The van der Waals surface area contributed by atoms with Gasteiger partial charge in [0.25, 0.3) is 0 Å². The topological polar surface area (TPSA) is 83.9 Å². The molecule has 1 aliphatic heterocycles. The molecule has 0 aliphatic carbocycles. The zero-order valence-electron chi connectivity index (χ0n) is 19.8. The Morgan fingerprint density at radius 2 is 1.72 bits per heavy atom. The van der Waals surface area contributed by atoms with Crippen LogP contribution in [0.3, 0.4) is 0 Å². The van der Waals surface area contributed by atoms with Crippen LogP contribution in [0.2, 0.25) is 5.02 Å². The predicted molar refractivity (Wildman–Crippen MR) is 143 cm³/mol. The van der Waals surface area contributed by atoms with E-state index < -0.39 is 28.0 Å². The number of piperidine rings is 1. The Hall–Kier alpha value is -2.52. The van der Waals surface area contributed by atoms with Gasteiger partial charge in [-0.25, -0.2) is 8.42 Å². The second-order valence-electron chi connectivity index (χ2n) is 8.64. The molecule has 1 fully saturated rings. The Kier molecular flexibility index (Phi) is 8.62. The summed E-state index contributed by atoms with van der Waals surface area (Å²) in [5.74, 6) is -0.407. The summed E-state index contributed by atoms with van der Waals surface area (Å²) in [7, 11) is -2.40. The van der Waals surface area contributed by atoms with E-state index in [1.165, 1.54) is 34.1 Å². The van der Waals surface area contributed by atoms with Gasteiger partial charge < -0.3 is 9.84 Å². The smallest absolute Gasteiger partial charge is 0.308 e. The average Bonchev–Trinajstić information content (AvgIpc) is 2.89. The molecule has 9 heteroatoms. The van der Waals surface area contributed by atoms with Crippen molar-refractivity contribution in [2.24, 2.45) is 5.92 Å². The van der Waals surface area contributed by atoms with Gasteiger partial charge in [0.2, 0.25) is 10.0 Å². The number of methoxy groups -OCH3 is 1. The number of carbonyl (C=O) groups is 1. The highest BCUT2D eigenvalue weighted by molar-refractivity contribution is 7.99. The van der Waals surface area contributed by atoms with Gasteiger partial charge in [-0.1, -0.05) is 54.1 Å². The van der Waals surface area contributed by atoms with E-state index >= 15 is 0 Å². The lowest BCUT2D eigenvalue weighted by Crippen LogP contribution is -2.49. The van der Waals surface area contributed by atoms with Gasteiger partial charge in [-0.3, -0.25) is 4.79 Å². The lowest BCUT2D eigenvalue weighted by atomic mass is 9.90. The van der Waals surface area contributed by atoms with Gasteiger partial charge in [0.15, 0.2) is 0 Å². The summed E-state index contributed by atoms with van der Waals surface area (Å²) in [5, 5.41) is 10.3. The van der Waals surface area contributed by atoms with Crippen LogP contribution in [0.4, 0.5) is 0 Å². The molecule has 3 aromatic carbocycles. The van der Waals surface area contributed by atoms with Crippen molar-refractivity contribution in [2.45, 2.75) is 29.0 Å². The number of aryl methyl sites for hydroxylation is 1. The number of halogens is 1. The first kappa shape index (κ1) is 26.5. The van der Waals surface area contributed by atoms with Crippen molar-refractivity contribution >= 4 is 39.4 Å². The zero-order valence-corrected chi connectivity index (χ0v) is 22.2. The van der Waals surface area contributed by atoms with Crippen molar-refractivity contribution in [3.63, 3.8) is 0 Å². The maximum atomic E-state index is 13.7. The second-order valence-corrected chi connectivity index (χ2v) is 12.3. The van der Waals surface area contributed by atoms with Gasteiger partial charge in [0.1, 0.15) is 5.75 Å². The first-order valence-corrected chi connectivity index (χ1v) is 14.5. The summed E-state index contributed by atoms with van der Waals surface area (Å²) in [6, 6.07) is 22.8. The molecular formula is C27H28ClNO5S2. The Bertz CT molecular complexity index is 1270. The number of nitrogens with zero attached hydrogens (tertiary/aromatic N) is 1. The van der Waals surface area contributed by atoms with Gasteiger partial charge in [-0.15, -0.1) is 0 Å². The van der Waals surface area contributed by atoms with Crippen LogP contribution in [0.15, 0.2) is 83.8 Å². The van der Waals surface area contributed by atoms with Gasteiger partial charge in [0, 0.05) is 16.8 Å². The number of carboxylic acids is 1. The van der Waals surface area contributed by atoms with Gasteiger partial charge in [-0.2, -0.15) is 16.1 Å². The molecule has 1 N–H and O–H groups in total. The molecule has 0 saturated carbocycles. The average molecular weight is 546 g/mol. The quantitative estimate of drug-likeness (QED) is 0.380. The number of sulfonamides is 1. The van der Waals surface area contributed by atoms with Crippen molar-refractivity contribution in [2.75, 3.05) is 19.4 Å². The standard InChI is InChI=1S/C27H28ClNO5S2/c1-34-22-11-7-20(8-12-22)25-17-26(35-16-15-19-5-3-2-4-6-19)24(27(30)31)18-29(25)36(32,33)23-13-9-21(28)10-14-23/h2-14,24-26H,15-18H2,1H3,(H,30,31)/t24-,25+,26-/m1/s1. The number of hydrogen-bond acceptors (Lipinski definition) is 5. The van der Waals surface area contributed by atoms with Crippen molar-refractivity contribution in [1.29, 1.82) is 0 Å². The molecule has 1 saturated heterocycles. The first-order valence-electron chi connectivity index (χ1n) is 11.6. The maximum absolute atomic E-state index is 13.7. The lowest BCUT2D eigenvalue weighted by Gasteiger charge is -2.41. The Morgan fingerprint density at radius 3 is 2.33 bits per heavy atom. The fourth-order valence-corrected chi connectivity index (χ4v) is 7.66. The lowest BCUT2D eigenvalue weighted by molar-refractivity contribution is -0.143. The number of thioether (sulfide) groups is 1. The molecule has 0 bridgehead atoms. The van der Waals surface area contributed by atoms with Gasteiger partial charge in [0.05, 0.1) is 24.0 Å². The van der Waals surface area contributed by atoms with Crippen LogP contribution in [0, 0.1) is 5.92 Å². The minimum Gasteiger partial charge on any atom is -0.497 e. The highest BCUT2D eigenvalue weighted by Crippen LogP contribution is 2.42. The van der Waals surface area contributed by atoms with Crippen LogP contribution < -0.4 is 4.74 Å². The summed E-state index contributed by atoms with van der Waals surface area (Å²) in [6.07, 6.45) is 1.20. The molecule has 0 unspecified atom stereocenters. The largest absolute Gasteiger partial charge is 0.497 e. The van der Waals surface area contributed by atoms with Crippen molar-refractivity contribution in [1.82, 2.24) is 4.31 Å². The van der Waals surface area contributed by atoms with E-state index in [1.54, 1.807) is 31.0 Å². The first-order chi connectivity index (χ1) is 17.3. The van der Waals surface area contributed by atoms with E-state index in [0.717, 1.165) is 17.7 Å². The normalized spacial score (nSPS) is 20.7. The van der Waals surface area contributed by atoms with Crippen LogP contribution in [-0.4, -0.2) is 48.5 Å². The van der Waals surface area contributed by atoms with Crippen molar-refractivity contribution < 1.29 is 23.1 Å². The van der Waals surface area contributed by atoms with Crippen molar-refractivity contribution in [3.05, 3.63) is 95.0 Å². The molecule has 190 valence electrons. The van der Waals surface area contributed by atoms with Crippen molar-refractivity contribution in [3.8, 4) is 5.75 Å². The molecule has 0 spiro atoms. The fraction of sp³-hybridized carbons (Fsp3) is 0.296. The molecule has 0 amide bonds. The highest BCUT2D eigenvalue weighted by Gasteiger charge is 2.45. The van der Waals surface area contributed by atoms with E-state index in [9.17, 15) is 18.3 Å². The van der Waals surface area contributed by atoms with E-state index in [0.29, 0.717) is 17.2 Å². The molecule has 0 aromatic heterocycles. The van der Waals surface area contributed by atoms with E-state index in [-0.39, 0.29) is 16.7 Å². The zero-order chi connectivity index (χ0) is 25.7. The van der Waals surface area contributed by atoms with Crippen LogP contribution >= 0.6 is 23.4 Å². The minimum absolute atomic E-state index is 0.0877. The predicted octanol–water partition coefficient (Wildman–Crippen LogP) is 5.53. The SMILES string of the molecule is COc1ccc([C@@H]2C[C@@H](SCCc3ccccc3)[C@H](C(=O)O)CN2S(=O)(=O)c2ccc(Cl)cc2)cc1. The van der Waals surface area contributed by atoms with Gasteiger partial charge >= 0.3 is 5.97 Å². The fourth-order valence-electron chi connectivity index (χ4n) is 4.47. The molecule has 1 heterocycles. The third-order valence-electron chi connectivity index (χ3n) is 6.43. The third kappa shape index (κ3) is 6.06. The number of hydrogen-bond donors (Lipinski definition) is 1. The Labute approximate surface area is 221 Å². The Balaban J connectivity index is 1.65. The molecule has 0 radical (unpaired) electrons. The monoisotopic (exact) mass is 545 g/mol. The van der Waals surface area contributed by atoms with Gasteiger partial charge in [-0.05, 0) is 66.1 Å². The molecule has 1 aliphatic rings. The molecule has 4 rings (SSSR count). The van der Waals surface area contributed by atoms with Crippen LogP contribution in [0.1, 0.15) is 23.6 Å². The Morgan fingerprint density at radius 1 is 1.06 bits per heavy atom. The molecular weight excluding hydrogens is 518 g/mol. The molecule has 3 atom stereocenters. The third-order valence-corrected chi connectivity index (χ3v) is 9.96. The van der Waals surface area contributed by atoms with E-state index in [4.69, 9.17) is 16.3 Å². The van der Waals surface area contributed by atoms with E-state index in [1.807, 2.05) is 30.3 Å². The molecule has 3 aromatic rings. The highest BCUT2D eigenvalue weighted by atomic mass is 35.5. The summed E-state index contributed by atoms with van der Waals surface area (Å²) in [6.45, 7) is -0.111. The van der Waals surface area contributed by atoms with E-state index in [2.05, 4.69) is 12.1 Å². The number of ether oxygens (including phenoxy) is 1.